The van der Waals surface area contributed by atoms with E-state index in [0.29, 0.717) is 10.9 Å². The molecule has 4 rings (SSSR count). The lowest BCUT2D eigenvalue weighted by Crippen LogP contribution is -2.28. The fourth-order valence-corrected chi connectivity index (χ4v) is 3.56. The molecule has 0 aliphatic carbocycles. The molecule has 0 amide bonds. The minimum Gasteiger partial charge on any atom is -0.722 e. The lowest BCUT2D eigenvalue weighted by molar-refractivity contribution is -0.644. The molecule has 4 aromatic rings. The molecule has 0 radical (unpaired) electrons. The quantitative estimate of drug-likeness (QED) is 0.101. The Morgan fingerprint density at radius 2 is 1.53 bits per heavy atom. The van der Waals surface area contributed by atoms with Gasteiger partial charge in [0.05, 0.1) is 32.1 Å². The highest BCUT2D eigenvalue weighted by atomic mass is 35.5. The largest absolute Gasteiger partial charge is 0.722 e. The standard InChI is InChI=1S/C11H8ClF3N.C10H5ClF3N.FHO3S/c1-16-6-2-3-7-9(16)5-4-8(12)10(7)11(13,14)15;11-8-4-6-2-1-3-15-9(6)5-7(8)10(12,13)14;1-5(2,3)4/h2-6H,1H3;1-5H;(H,2,3,4)/q+1;;/p-1. The predicted molar refractivity (Wildman–Crippen MR) is 118 cm³/mol. The first kappa shape index (κ1) is 29.5. The van der Waals surface area contributed by atoms with Crippen LogP contribution < -0.4 is 4.57 Å². The molecule has 2 heterocycles. The smallest absolute Gasteiger partial charge is 0.418 e. The number of hydrogen-bond acceptors (Lipinski definition) is 4. The van der Waals surface area contributed by atoms with E-state index in [9.17, 15) is 30.2 Å². The lowest BCUT2D eigenvalue weighted by atomic mass is 10.1. The molecule has 5 nitrogen and oxygen atoms in total. The molecule has 0 aliphatic heterocycles. The van der Waals surface area contributed by atoms with Gasteiger partial charge in [0.15, 0.2) is 6.20 Å². The van der Waals surface area contributed by atoms with Crippen molar-refractivity contribution in [3.63, 3.8) is 0 Å². The number of fused-ring (bicyclic) bond motifs is 2. The van der Waals surface area contributed by atoms with Crippen molar-refractivity contribution in [1.29, 1.82) is 0 Å². The van der Waals surface area contributed by atoms with Gasteiger partial charge in [0.2, 0.25) is 5.52 Å². The molecule has 36 heavy (non-hydrogen) atoms. The SMILES string of the molecule is C[n+]1cccc2c(C(F)(F)F)c(Cl)ccc21.FC(F)(F)c1cc2ncccc2cc1Cl.O=S(=O)([O-])F. The van der Waals surface area contributed by atoms with Crippen molar-refractivity contribution < 1.29 is 47.8 Å². The first-order valence-electron chi connectivity index (χ1n) is 9.30. The zero-order chi connectivity index (χ0) is 27.5. The van der Waals surface area contributed by atoms with Crippen molar-refractivity contribution in [2.24, 2.45) is 7.05 Å². The van der Waals surface area contributed by atoms with Gasteiger partial charge in [0.25, 0.3) is 10.5 Å². The van der Waals surface area contributed by atoms with Crippen molar-refractivity contribution in [2.45, 2.75) is 12.4 Å². The van der Waals surface area contributed by atoms with Crippen LogP contribution in [-0.2, 0) is 29.9 Å². The number of aryl methyl sites for hydroxylation is 1. The number of nitrogens with zero attached hydrogens (tertiary/aromatic N) is 2. The van der Waals surface area contributed by atoms with E-state index < -0.39 is 34.0 Å². The van der Waals surface area contributed by atoms with E-state index in [2.05, 4.69) is 4.98 Å². The molecule has 194 valence electrons. The first-order chi connectivity index (χ1) is 16.4. The van der Waals surface area contributed by atoms with E-state index in [-0.39, 0.29) is 20.9 Å². The van der Waals surface area contributed by atoms with E-state index in [0.717, 1.165) is 6.07 Å². The van der Waals surface area contributed by atoms with Crippen LogP contribution in [0.1, 0.15) is 11.1 Å². The van der Waals surface area contributed by atoms with E-state index in [4.69, 9.17) is 36.2 Å². The minimum atomic E-state index is -5.42. The van der Waals surface area contributed by atoms with Gasteiger partial charge in [-0.3, -0.25) is 4.98 Å². The molecule has 0 spiro atoms. The number of hydrogen-bond donors (Lipinski definition) is 0. The second kappa shape index (κ2) is 11.1. The van der Waals surface area contributed by atoms with Crippen molar-refractivity contribution in [3.05, 3.63) is 82.1 Å². The van der Waals surface area contributed by atoms with Crippen molar-refractivity contribution >= 4 is 55.5 Å². The molecule has 0 saturated heterocycles. The molecule has 0 fully saturated rings. The average molecular weight is 577 g/mol. The fraction of sp³-hybridized carbons (Fsp3) is 0.143. The maximum atomic E-state index is 12.8. The summed E-state index contributed by atoms with van der Waals surface area (Å²) in [6.07, 6.45) is -5.75. The molecule has 2 aromatic heterocycles. The Labute approximate surface area is 209 Å². The van der Waals surface area contributed by atoms with Gasteiger partial charge in [0, 0.05) is 23.7 Å². The number of aromatic nitrogens is 2. The first-order valence-corrected chi connectivity index (χ1v) is 11.4. The van der Waals surface area contributed by atoms with E-state index >= 15 is 0 Å². The van der Waals surface area contributed by atoms with Crippen molar-refractivity contribution in [1.82, 2.24) is 4.98 Å². The van der Waals surface area contributed by atoms with Crippen LogP contribution in [0.4, 0.5) is 30.2 Å². The molecule has 0 atom stereocenters. The second-order valence-corrected chi connectivity index (χ2v) is 8.49. The van der Waals surface area contributed by atoms with Gasteiger partial charge in [-0.1, -0.05) is 29.3 Å². The monoisotopic (exact) mass is 576 g/mol. The highest BCUT2D eigenvalue weighted by Gasteiger charge is 2.36. The summed E-state index contributed by atoms with van der Waals surface area (Å²) < 4.78 is 113. The Morgan fingerprint density at radius 1 is 0.917 bits per heavy atom. The Kier molecular flexibility index (Phi) is 9.10. The third-order valence-electron chi connectivity index (χ3n) is 4.40. The van der Waals surface area contributed by atoms with Gasteiger partial charge >= 0.3 is 12.4 Å². The van der Waals surface area contributed by atoms with Crippen LogP contribution in [0.2, 0.25) is 10.0 Å². The number of pyridine rings is 2. The molecule has 0 N–H and O–H groups in total. The van der Waals surface area contributed by atoms with E-state index in [1.807, 2.05) is 0 Å². The normalized spacial score (nSPS) is 12.0. The Bertz CT molecular complexity index is 1490. The molecule has 2 aromatic carbocycles. The van der Waals surface area contributed by atoms with Crippen LogP contribution in [0.15, 0.2) is 60.9 Å². The van der Waals surface area contributed by atoms with E-state index in [1.54, 1.807) is 42.1 Å². The predicted octanol–water partition coefficient (Wildman–Crippen LogP) is 6.66. The third kappa shape index (κ3) is 8.15. The average Bonchev–Trinajstić information content (AvgIpc) is 2.71. The van der Waals surface area contributed by atoms with Crippen LogP contribution in [-0.4, -0.2) is 18.0 Å². The maximum Gasteiger partial charge on any atom is 0.418 e. The molecular weight excluding hydrogens is 564 g/mol. The van der Waals surface area contributed by atoms with Gasteiger partial charge < -0.3 is 4.55 Å². The topological polar surface area (TPSA) is 74.0 Å². The molecule has 0 aliphatic rings. The zero-order valence-electron chi connectivity index (χ0n) is 17.7. The van der Waals surface area contributed by atoms with Crippen LogP contribution in [0.25, 0.3) is 21.8 Å². The number of alkyl halides is 6. The van der Waals surface area contributed by atoms with Gasteiger partial charge in [-0.05, 0) is 30.3 Å². The Hall–Kier alpha value is -2.74. The minimum absolute atomic E-state index is 0.116. The molecule has 0 unspecified atom stereocenters. The summed E-state index contributed by atoms with van der Waals surface area (Å²) in [4.78, 5) is 3.84. The summed E-state index contributed by atoms with van der Waals surface area (Å²) in [7, 11) is -3.73. The van der Waals surface area contributed by atoms with Crippen LogP contribution in [0, 0.1) is 0 Å². The Morgan fingerprint density at radius 3 is 2.08 bits per heavy atom. The van der Waals surface area contributed by atoms with Gasteiger partial charge in [-0.15, -0.1) is 3.89 Å². The van der Waals surface area contributed by atoms with Gasteiger partial charge in [-0.25, -0.2) is 13.0 Å². The number of rotatable bonds is 0. The van der Waals surface area contributed by atoms with Crippen molar-refractivity contribution in [3.8, 4) is 0 Å². The third-order valence-corrected chi connectivity index (χ3v) is 5.03. The summed E-state index contributed by atoms with van der Waals surface area (Å²) in [6, 6.07) is 11.4. The van der Waals surface area contributed by atoms with Gasteiger partial charge in [0.1, 0.15) is 7.05 Å². The summed E-state index contributed by atoms with van der Waals surface area (Å²) in [5, 5.41) is 0.134. The summed E-state index contributed by atoms with van der Waals surface area (Å²) in [6.45, 7) is 0. The molecule has 15 heteroatoms. The zero-order valence-corrected chi connectivity index (χ0v) is 20.0. The second-order valence-electron chi connectivity index (χ2n) is 6.89. The van der Waals surface area contributed by atoms with Crippen LogP contribution in [0.3, 0.4) is 0 Å². The molecule has 0 saturated carbocycles. The number of benzene rings is 2. The highest BCUT2D eigenvalue weighted by Crippen LogP contribution is 2.39. The highest BCUT2D eigenvalue weighted by molar-refractivity contribution is 7.80. The van der Waals surface area contributed by atoms with Gasteiger partial charge in [-0.2, -0.15) is 26.3 Å². The number of halogens is 9. The summed E-state index contributed by atoms with van der Waals surface area (Å²) >= 11 is 11.2. The van der Waals surface area contributed by atoms with Crippen LogP contribution >= 0.6 is 23.2 Å². The molecule has 0 bridgehead atoms. The van der Waals surface area contributed by atoms with Crippen molar-refractivity contribution in [2.75, 3.05) is 0 Å². The Balaban J connectivity index is 0.000000215. The molecular formula is C21H13Cl2F7N2O3S. The summed E-state index contributed by atoms with van der Waals surface area (Å²) in [5.74, 6) is 0. The maximum absolute atomic E-state index is 12.8. The summed E-state index contributed by atoms with van der Waals surface area (Å²) in [5.41, 5.74) is -0.841. The van der Waals surface area contributed by atoms with E-state index in [1.165, 1.54) is 24.4 Å². The lowest BCUT2D eigenvalue weighted by Gasteiger charge is -2.10. The fourth-order valence-electron chi connectivity index (χ4n) is 3.00. The van der Waals surface area contributed by atoms with Crippen LogP contribution in [0.5, 0.6) is 0 Å².